The average molecular weight is 962 g/mol. The molecular weight excluding hydrogens is 841 g/mol. The number of carbonyl (C=O) groups is 3. The highest BCUT2D eigenvalue weighted by Crippen LogP contribution is 2.18. The molecule has 0 aromatic rings. The maximum atomic E-state index is 12.9. The molecule has 0 aromatic heterocycles. The molecule has 404 valence electrons. The van der Waals surface area contributed by atoms with Crippen LogP contribution in [0.25, 0.3) is 0 Å². The van der Waals surface area contributed by atoms with Gasteiger partial charge in [-0.05, 0) is 25.2 Å². The number of esters is 3. The van der Waals surface area contributed by atoms with E-state index in [9.17, 15) is 14.4 Å². The Balaban J connectivity index is 4.29. The predicted octanol–water partition coefficient (Wildman–Crippen LogP) is 20.6. The molecule has 0 aliphatic heterocycles. The zero-order chi connectivity index (χ0) is 49.5. The van der Waals surface area contributed by atoms with E-state index in [1.54, 1.807) is 0 Å². The van der Waals surface area contributed by atoms with Crippen LogP contribution in [0.5, 0.6) is 0 Å². The summed E-state index contributed by atoms with van der Waals surface area (Å²) in [4.78, 5) is 38.2. The molecule has 0 heterocycles. The molecule has 0 fully saturated rings. The maximum Gasteiger partial charge on any atom is 0.306 e. The van der Waals surface area contributed by atoms with Crippen molar-refractivity contribution in [2.45, 2.75) is 361 Å². The zero-order valence-corrected chi connectivity index (χ0v) is 46.6. The van der Waals surface area contributed by atoms with E-state index in [1.807, 2.05) is 0 Å². The van der Waals surface area contributed by atoms with E-state index in [0.29, 0.717) is 19.3 Å². The van der Waals surface area contributed by atoms with Gasteiger partial charge in [0.05, 0.1) is 0 Å². The minimum absolute atomic E-state index is 0.0614. The molecular formula is C62H120O6. The lowest BCUT2D eigenvalue weighted by molar-refractivity contribution is -0.167. The molecule has 0 saturated carbocycles. The number of rotatable bonds is 57. The van der Waals surface area contributed by atoms with Crippen LogP contribution in [-0.4, -0.2) is 37.2 Å². The third-order valence-corrected chi connectivity index (χ3v) is 14.3. The van der Waals surface area contributed by atoms with Gasteiger partial charge >= 0.3 is 17.9 Å². The van der Waals surface area contributed by atoms with Crippen molar-refractivity contribution in [2.75, 3.05) is 13.2 Å². The van der Waals surface area contributed by atoms with Crippen LogP contribution in [0.15, 0.2) is 0 Å². The van der Waals surface area contributed by atoms with Gasteiger partial charge in [0.2, 0.25) is 0 Å². The smallest absolute Gasteiger partial charge is 0.306 e. The lowest BCUT2D eigenvalue weighted by Crippen LogP contribution is -2.30. The third kappa shape index (κ3) is 55.3. The van der Waals surface area contributed by atoms with Crippen LogP contribution < -0.4 is 0 Å². The first-order valence-corrected chi connectivity index (χ1v) is 30.9. The van der Waals surface area contributed by atoms with Gasteiger partial charge in [-0.2, -0.15) is 0 Å². The van der Waals surface area contributed by atoms with Crippen molar-refractivity contribution in [3.63, 3.8) is 0 Å². The van der Waals surface area contributed by atoms with Gasteiger partial charge in [0, 0.05) is 19.3 Å². The van der Waals surface area contributed by atoms with E-state index in [0.717, 1.165) is 63.7 Å². The standard InChI is InChI=1S/C62H120O6/c1-5-7-9-11-13-15-17-19-21-22-23-25-30-34-38-42-46-50-54-61(64)67-57-59(56-66-60(63)53-49-45-41-37-33-29-24-20-18-16-14-12-10-8-6-2)68-62(65)55-51-47-43-39-35-31-27-26-28-32-36-40-44-48-52-58(3)4/h58-59H,5-57H2,1-4H3/t59-/m0/s1. The van der Waals surface area contributed by atoms with Crippen LogP contribution in [0, 0.1) is 5.92 Å². The summed E-state index contributed by atoms with van der Waals surface area (Å²) in [5.74, 6) is 0.0136. The summed E-state index contributed by atoms with van der Waals surface area (Å²) in [6.45, 7) is 9.08. The van der Waals surface area contributed by atoms with E-state index >= 15 is 0 Å². The molecule has 0 N–H and O–H groups in total. The quantitative estimate of drug-likeness (QED) is 0.0343. The first-order chi connectivity index (χ1) is 33.4. The zero-order valence-electron chi connectivity index (χ0n) is 46.6. The molecule has 0 spiro atoms. The molecule has 6 nitrogen and oxygen atoms in total. The molecule has 0 aromatic carbocycles. The van der Waals surface area contributed by atoms with Crippen molar-refractivity contribution in [1.29, 1.82) is 0 Å². The highest BCUT2D eigenvalue weighted by molar-refractivity contribution is 5.71. The number of unbranched alkanes of at least 4 members (excludes halogenated alkanes) is 44. The number of ether oxygens (including phenoxy) is 3. The summed E-state index contributed by atoms with van der Waals surface area (Å²) in [5, 5.41) is 0. The average Bonchev–Trinajstić information content (AvgIpc) is 3.32. The second-order valence-corrected chi connectivity index (χ2v) is 21.8. The molecule has 68 heavy (non-hydrogen) atoms. The van der Waals surface area contributed by atoms with Gasteiger partial charge in [0.15, 0.2) is 6.10 Å². The molecule has 0 unspecified atom stereocenters. The molecule has 0 rings (SSSR count). The minimum Gasteiger partial charge on any atom is -0.462 e. The fourth-order valence-electron chi connectivity index (χ4n) is 9.63. The second-order valence-electron chi connectivity index (χ2n) is 21.8. The Hall–Kier alpha value is -1.59. The maximum absolute atomic E-state index is 12.9. The van der Waals surface area contributed by atoms with E-state index in [1.165, 1.54) is 250 Å². The predicted molar refractivity (Wildman–Crippen MR) is 293 cm³/mol. The highest BCUT2D eigenvalue weighted by atomic mass is 16.6. The van der Waals surface area contributed by atoms with Gasteiger partial charge in [-0.3, -0.25) is 14.4 Å². The highest BCUT2D eigenvalue weighted by Gasteiger charge is 2.19. The Morgan fingerprint density at radius 2 is 0.485 bits per heavy atom. The van der Waals surface area contributed by atoms with Gasteiger partial charge < -0.3 is 14.2 Å². The Morgan fingerprint density at radius 1 is 0.279 bits per heavy atom. The van der Waals surface area contributed by atoms with E-state index < -0.39 is 6.10 Å². The van der Waals surface area contributed by atoms with Crippen molar-refractivity contribution in [3.8, 4) is 0 Å². The molecule has 0 radical (unpaired) electrons. The Bertz CT molecular complexity index is 1030. The summed E-state index contributed by atoms with van der Waals surface area (Å²) < 4.78 is 16.9. The Morgan fingerprint density at radius 3 is 0.721 bits per heavy atom. The van der Waals surface area contributed by atoms with Crippen molar-refractivity contribution in [2.24, 2.45) is 5.92 Å². The second kappa shape index (κ2) is 56.3. The monoisotopic (exact) mass is 961 g/mol. The van der Waals surface area contributed by atoms with Crippen LogP contribution in [-0.2, 0) is 28.6 Å². The van der Waals surface area contributed by atoms with Gasteiger partial charge in [-0.1, -0.05) is 317 Å². The molecule has 1 atom stereocenters. The summed E-state index contributed by atoms with van der Waals surface area (Å²) in [5.41, 5.74) is 0. The van der Waals surface area contributed by atoms with Crippen LogP contribution in [0.4, 0.5) is 0 Å². The lowest BCUT2D eigenvalue weighted by Gasteiger charge is -2.18. The van der Waals surface area contributed by atoms with Crippen LogP contribution in [0.3, 0.4) is 0 Å². The number of carbonyl (C=O) groups excluding carboxylic acids is 3. The first kappa shape index (κ1) is 66.4. The fraction of sp³-hybridized carbons (Fsp3) is 0.952. The van der Waals surface area contributed by atoms with Gasteiger partial charge in [0.1, 0.15) is 13.2 Å². The Labute approximate surface area is 425 Å². The first-order valence-electron chi connectivity index (χ1n) is 30.9. The largest absolute Gasteiger partial charge is 0.462 e. The van der Waals surface area contributed by atoms with Crippen molar-refractivity contribution < 1.29 is 28.6 Å². The van der Waals surface area contributed by atoms with Gasteiger partial charge in [0.25, 0.3) is 0 Å². The van der Waals surface area contributed by atoms with Gasteiger partial charge in [-0.15, -0.1) is 0 Å². The fourth-order valence-corrected chi connectivity index (χ4v) is 9.63. The van der Waals surface area contributed by atoms with Crippen molar-refractivity contribution in [1.82, 2.24) is 0 Å². The summed E-state index contributed by atoms with van der Waals surface area (Å²) in [6.07, 6.45) is 62.4. The summed E-state index contributed by atoms with van der Waals surface area (Å²) >= 11 is 0. The van der Waals surface area contributed by atoms with E-state index in [-0.39, 0.29) is 31.1 Å². The summed E-state index contributed by atoms with van der Waals surface area (Å²) in [7, 11) is 0. The van der Waals surface area contributed by atoms with Crippen LogP contribution in [0.2, 0.25) is 0 Å². The van der Waals surface area contributed by atoms with Crippen LogP contribution in [0.1, 0.15) is 355 Å². The molecule has 0 bridgehead atoms. The minimum atomic E-state index is -0.762. The van der Waals surface area contributed by atoms with E-state index in [2.05, 4.69) is 27.7 Å². The third-order valence-electron chi connectivity index (χ3n) is 14.3. The molecule has 6 heteroatoms. The number of hydrogen-bond donors (Lipinski definition) is 0. The lowest BCUT2D eigenvalue weighted by atomic mass is 10.0. The van der Waals surface area contributed by atoms with Crippen LogP contribution >= 0.6 is 0 Å². The van der Waals surface area contributed by atoms with Crippen molar-refractivity contribution in [3.05, 3.63) is 0 Å². The van der Waals surface area contributed by atoms with Gasteiger partial charge in [-0.25, -0.2) is 0 Å². The molecule has 0 aliphatic carbocycles. The topological polar surface area (TPSA) is 78.9 Å². The SMILES string of the molecule is CCCCCCCCCCCCCCCCCCCCC(=O)OC[C@H](COC(=O)CCCCCCCCCCCCCCCCC)OC(=O)CCCCCCCCCCCCCCCCC(C)C. The normalized spacial score (nSPS) is 12.0. The molecule has 0 aliphatic rings. The number of hydrogen-bond acceptors (Lipinski definition) is 6. The molecule has 0 amide bonds. The summed E-state index contributed by atoms with van der Waals surface area (Å²) in [6, 6.07) is 0. The van der Waals surface area contributed by atoms with Crippen molar-refractivity contribution >= 4 is 17.9 Å². The Kier molecular flexibility index (Phi) is 55.0. The van der Waals surface area contributed by atoms with E-state index in [4.69, 9.17) is 14.2 Å². The molecule has 0 saturated heterocycles.